The molecule has 1 aliphatic heterocycles. The van der Waals surface area contributed by atoms with Crippen molar-refractivity contribution < 1.29 is 26.2 Å². The zero-order valence-electron chi connectivity index (χ0n) is 15.3. The lowest BCUT2D eigenvalue weighted by Gasteiger charge is -2.39. The van der Waals surface area contributed by atoms with Gasteiger partial charge in [0.2, 0.25) is 5.13 Å². The van der Waals surface area contributed by atoms with Gasteiger partial charge in [-0.05, 0) is 31.2 Å². The Labute approximate surface area is 169 Å². The van der Waals surface area contributed by atoms with E-state index in [4.69, 9.17) is 4.74 Å². The molecule has 2 heterocycles. The summed E-state index contributed by atoms with van der Waals surface area (Å²) in [5.74, 6) is 0. The Morgan fingerprint density at radius 3 is 2.54 bits per heavy atom. The van der Waals surface area contributed by atoms with Gasteiger partial charge in [0.15, 0.2) is 0 Å². The summed E-state index contributed by atoms with van der Waals surface area (Å²) in [6.45, 7) is 9.35. The molecular formula is C18H26BrN5OS. The van der Waals surface area contributed by atoms with E-state index in [2.05, 4.69) is 46.2 Å². The number of nitrogens with zero attached hydrogens (tertiary/aromatic N) is 5. The van der Waals surface area contributed by atoms with Crippen molar-refractivity contribution in [2.24, 2.45) is 10.2 Å². The Hall–Kier alpha value is -1.35. The van der Waals surface area contributed by atoms with Crippen LogP contribution in [0.25, 0.3) is 0 Å². The standard InChI is InChI=1S/C18H26N5OS.BrH/c1-3-22(9-10-23(2)11-13-24-14-12-23)17-6-4-16(5-7-17)20-21-18-19-8-15-25-18;/h4-8,15H,3,9-14H2,1-2H3;1H/q+1;/p-1. The minimum atomic E-state index is 0. The fourth-order valence-electron chi connectivity index (χ4n) is 2.94. The monoisotopic (exact) mass is 439 g/mol. The topological polar surface area (TPSA) is 50.1 Å². The lowest BCUT2D eigenvalue weighted by atomic mass is 10.2. The third-order valence-corrected chi connectivity index (χ3v) is 5.38. The lowest BCUT2D eigenvalue weighted by Crippen LogP contribution is -3.00. The number of anilines is 1. The molecule has 1 fully saturated rings. The van der Waals surface area contributed by atoms with Gasteiger partial charge in [0.05, 0.1) is 39.0 Å². The summed E-state index contributed by atoms with van der Waals surface area (Å²) >= 11 is 1.48. The van der Waals surface area contributed by atoms with E-state index >= 15 is 0 Å². The maximum Gasteiger partial charge on any atom is 0.229 e. The number of hydrogen-bond acceptors (Lipinski definition) is 6. The van der Waals surface area contributed by atoms with Gasteiger partial charge in [-0.15, -0.1) is 21.6 Å². The number of thiazole rings is 1. The third-order valence-electron chi connectivity index (χ3n) is 4.73. The van der Waals surface area contributed by atoms with Crippen LogP contribution in [-0.2, 0) is 4.74 Å². The fraction of sp³-hybridized carbons (Fsp3) is 0.500. The largest absolute Gasteiger partial charge is 1.00 e. The van der Waals surface area contributed by atoms with Crippen LogP contribution in [0.3, 0.4) is 0 Å². The molecule has 1 aliphatic rings. The highest BCUT2D eigenvalue weighted by molar-refractivity contribution is 7.13. The number of azo groups is 1. The summed E-state index contributed by atoms with van der Waals surface area (Å²) in [5.41, 5.74) is 2.08. The Bertz CT molecular complexity index is 671. The molecule has 8 heteroatoms. The van der Waals surface area contributed by atoms with Gasteiger partial charge in [-0.25, -0.2) is 4.98 Å². The summed E-state index contributed by atoms with van der Waals surface area (Å²) in [4.78, 5) is 6.52. The average molecular weight is 440 g/mol. The molecular weight excluding hydrogens is 414 g/mol. The SMILES string of the molecule is CCN(CC[N+]1(C)CCOCC1)c1ccc(N=Nc2nccs2)cc1.[Br-]. The highest BCUT2D eigenvalue weighted by atomic mass is 79.9. The summed E-state index contributed by atoms with van der Waals surface area (Å²) in [5, 5.41) is 11.0. The lowest BCUT2D eigenvalue weighted by molar-refractivity contribution is -0.915. The summed E-state index contributed by atoms with van der Waals surface area (Å²) in [7, 11) is 2.33. The molecule has 1 saturated heterocycles. The summed E-state index contributed by atoms with van der Waals surface area (Å²) in [6.07, 6.45) is 1.73. The first-order valence-electron chi connectivity index (χ1n) is 8.76. The van der Waals surface area contributed by atoms with E-state index in [1.165, 1.54) is 17.0 Å². The summed E-state index contributed by atoms with van der Waals surface area (Å²) in [6, 6.07) is 8.28. The van der Waals surface area contributed by atoms with E-state index in [9.17, 15) is 0 Å². The van der Waals surface area contributed by atoms with E-state index in [0.717, 1.165) is 56.1 Å². The number of morpholine rings is 1. The first-order valence-corrected chi connectivity index (χ1v) is 9.64. The molecule has 3 rings (SSSR count). The molecule has 0 aliphatic carbocycles. The normalized spacial score (nSPS) is 16.4. The molecule has 0 bridgehead atoms. The van der Waals surface area contributed by atoms with Gasteiger partial charge < -0.3 is 31.1 Å². The number of aromatic nitrogens is 1. The molecule has 0 radical (unpaired) electrons. The highest BCUT2D eigenvalue weighted by Gasteiger charge is 2.25. The second kappa shape index (κ2) is 10.1. The molecule has 0 unspecified atom stereocenters. The Kier molecular flexibility index (Phi) is 8.15. The van der Waals surface area contributed by atoms with Crippen LogP contribution in [0.15, 0.2) is 46.1 Å². The fourth-order valence-corrected chi connectivity index (χ4v) is 3.39. The molecule has 0 saturated carbocycles. The molecule has 6 nitrogen and oxygen atoms in total. The number of rotatable bonds is 7. The van der Waals surface area contributed by atoms with Crippen molar-refractivity contribution in [2.75, 3.05) is 57.9 Å². The van der Waals surface area contributed by atoms with Gasteiger partial charge in [-0.2, -0.15) is 0 Å². The Balaban J connectivity index is 0.00000243. The minimum absolute atomic E-state index is 0. The Morgan fingerprint density at radius 1 is 1.19 bits per heavy atom. The zero-order valence-corrected chi connectivity index (χ0v) is 17.7. The second-order valence-electron chi connectivity index (χ2n) is 6.51. The van der Waals surface area contributed by atoms with Gasteiger partial charge in [0, 0.05) is 23.8 Å². The molecule has 0 amide bonds. The molecule has 1 aromatic heterocycles. The number of benzene rings is 1. The molecule has 0 N–H and O–H groups in total. The van der Waals surface area contributed by atoms with Crippen LogP contribution in [0.1, 0.15) is 6.92 Å². The third kappa shape index (κ3) is 5.84. The van der Waals surface area contributed by atoms with Crippen LogP contribution in [-0.4, -0.2) is 62.5 Å². The predicted octanol–water partition coefficient (Wildman–Crippen LogP) is 0.866. The maximum absolute atomic E-state index is 5.49. The van der Waals surface area contributed by atoms with Crippen LogP contribution in [0, 0.1) is 0 Å². The van der Waals surface area contributed by atoms with Crippen molar-refractivity contribution in [1.29, 1.82) is 0 Å². The second-order valence-corrected chi connectivity index (χ2v) is 7.39. The van der Waals surface area contributed by atoms with Crippen molar-refractivity contribution in [2.45, 2.75) is 6.92 Å². The highest BCUT2D eigenvalue weighted by Crippen LogP contribution is 2.23. The van der Waals surface area contributed by atoms with Gasteiger partial charge in [-0.1, -0.05) is 0 Å². The quantitative estimate of drug-likeness (QED) is 0.474. The number of hydrogen-bond donors (Lipinski definition) is 0. The van der Waals surface area contributed by atoms with Crippen molar-refractivity contribution in [1.82, 2.24) is 4.98 Å². The van der Waals surface area contributed by atoms with Gasteiger partial charge in [-0.3, -0.25) is 0 Å². The first-order chi connectivity index (χ1) is 12.2. The minimum Gasteiger partial charge on any atom is -1.00 e. The van der Waals surface area contributed by atoms with Crippen molar-refractivity contribution >= 4 is 27.8 Å². The van der Waals surface area contributed by atoms with E-state index in [0.29, 0.717) is 5.13 Å². The average Bonchev–Trinajstić information content (AvgIpc) is 3.16. The van der Waals surface area contributed by atoms with E-state index in [1.54, 1.807) is 6.20 Å². The smallest absolute Gasteiger partial charge is 0.229 e. The van der Waals surface area contributed by atoms with Crippen LogP contribution >= 0.6 is 11.3 Å². The van der Waals surface area contributed by atoms with E-state index in [1.807, 2.05) is 17.5 Å². The van der Waals surface area contributed by atoms with Crippen LogP contribution in [0.4, 0.5) is 16.5 Å². The molecule has 142 valence electrons. The molecule has 26 heavy (non-hydrogen) atoms. The molecule has 0 atom stereocenters. The predicted molar refractivity (Wildman–Crippen MR) is 102 cm³/mol. The number of halogens is 1. The molecule has 0 spiro atoms. The van der Waals surface area contributed by atoms with Crippen molar-refractivity contribution in [3.05, 3.63) is 35.8 Å². The zero-order chi connectivity index (χ0) is 17.5. The van der Waals surface area contributed by atoms with Crippen LogP contribution in [0.5, 0.6) is 0 Å². The van der Waals surface area contributed by atoms with Gasteiger partial charge >= 0.3 is 0 Å². The van der Waals surface area contributed by atoms with Gasteiger partial charge in [0.1, 0.15) is 13.1 Å². The van der Waals surface area contributed by atoms with Crippen LogP contribution < -0.4 is 21.9 Å². The van der Waals surface area contributed by atoms with E-state index < -0.39 is 0 Å². The maximum atomic E-state index is 5.49. The molecule has 1 aromatic carbocycles. The van der Waals surface area contributed by atoms with Crippen molar-refractivity contribution in [3.8, 4) is 0 Å². The van der Waals surface area contributed by atoms with Crippen LogP contribution in [0.2, 0.25) is 0 Å². The van der Waals surface area contributed by atoms with Gasteiger partial charge in [0.25, 0.3) is 0 Å². The first kappa shape index (κ1) is 21.0. The Morgan fingerprint density at radius 2 is 1.92 bits per heavy atom. The number of quaternary nitrogens is 1. The van der Waals surface area contributed by atoms with Crippen molar-refractivity contribution in [3.63, 3.8) is 0 Å². The van der Waals surface area contributed by atoms with E-state index in [-0.39, 0.29) is 17.0 Å². The molecule has 2 aromatic rings. The number of likely N-dealkylation sites (N-methyl/N-ethyl adjacent to an activating group) is 2. The number of ether oxygens (including phenoxy) is 1. The summed E-state index contributed by atoms with van der Waals surface area (Å²) < 4.78 is 6.59.